The number of hydrogen-bond donors (Lipinski definition) is 1. The third-order valence-corrected chi connectivity index (χ3v) is 5.45. The highest BCUT2D eigenvalue weighted by Crippen LogP contribution is 2.23. The van der Waals surface area contributed by atoms with E-state index in [-0.39, 0.29) is 5.91 Å². The maximum Gasteiger partial charge on any atom is 0.233 e. The summed E-state index contributed by atoms with van der Waals surface area (Å²) in [6.07, 6.45) is 1.81. The van der Waals surface area contributed by atoms with Crippen molar-refractivity contribution in [2.24, 2.45) is 0 Å². The van der Waals surface area contributed by atoms with Gasteiger partial charge in [-0.1, -0.05) is 29.2 Å². The van der Waals surface area contributed by atoms with Crippen molar-refractivity contribution in [1.82, 2.24) is 25.0 Å². The summed E-state index contributed by atoms with van der Waals surface area (Å²) in [6, 6.07) is 5.95. The van der Waals surface area contributed by atoms with Gasteiger partial charge in [0, 0.05) is 38.9 Å². The number of carbonyl (C=O) groups is 1. The molecule has 1 aliphatic heterocycles. The summed E-state index contributed by atoms with van der Waals surface area (Å²) in [4.78, 5) is 20.8. The lowest BCUT2D eigenvalue weighted by atomic mass is 10.2. The highest BCUT2D eigenvalue weighted by atomic mass is 32.2. The van der Waals surface area contributed by atoms with Crippen LogP contribution in [0, 0.1) is 0 Å². The van der Waals surface area contributed by atoms with E-state index in [1.54, 1.807) is 0 Å². The van der Waals surface area contributed by atoms with Gasteiger partial charge in [0.15, 0.2) is 4.34 Å². The monoisotopic (exact) mass is 350 g/mol. The minimum Gasteiger partial charge on any atom is -0.374 e. The molecular weight excluding hydrogens is 332 g/mol. The third kappa shape index (κ3) is 4.63. The van der Waals surface area contributed by atoms with E-state index < -0.39 is 0 Å². The fraction of sp³-hybridized carbons (Fsp3) is 0.429. The Morgan fingerprint density at radius 3 is 2.74 bits per heavy atom. The first-order chi connectivity index (χ1) is 11.2. The van der Waals surface area contributed by atoms with Crippen molar-refractivity contribution in [3.05, 3.63) is 30.1 Å². The minimum atomic E-state index is 0.140. The molecule has 3 heterocycles. The second-order valence-electron chi connectivity index (χ2n) is 5.17. The molecule has 1 fully saturated rings. The number of amides is 1. The van der Waals surface area contributed by atoms with Crippen LogP contribution in [0.1, 0.15) is 5.69 Å². The van der Waals surface area contributed by atoms with E-state index in [9.17, 15) is 4.79 Å². The van der Waals surface area contributed by atoms with Gasteiger partial charge in [-0.25, -0.2) is 0 Å². The van der Waals surface area contributed by atoms with E-state index in [1.165, 1.54) is 23.1 Å². The number of nitrogens with two attached hydrogens (primary N) is 1. The van der Waals surface area contributed by atoms with Crippen LogP contribution in [0.25, 0.3) is 0 Å². The molecule has 23 heavy (non-hydrogen) atoms. The van der Waals surface area contributed by atoms with Gasteiger partial charge in [-0.05, 0) is 12.1 Å². The summed E-state index contributed by atoms with van der Waals surface area (Å²) in [6.45, 7) is 4.09. The van der Waals surface area contributed by atoms with Gasteiger partial charge in [0.2, 0.25) is 11.0 Å². The molecule has 2 aromatic rings. The van der Waals surface area contributed by atoms with E-state index in [0.29, 0.717) is 10.9 Å². The number of pyridine rings is 1. The number of piperazine rings is 1. The van der Waals surface area contributed by atoms with Crippen LogP contribution in [0.4, 0.5) is 5.13 Å². The van der Waals surface area contributed by atoms with Crippen LogP contribution in [0.15, 0.2) is 28.7 Å². The predicted octanol–water partition coefficient (Wildman–Crippen LogP) is 0.952. The van der Waals surface area contributed by atoms with Crippen molar-refractivity contribution < 1.29 is 4.79 Å². The topological polar surface area (TPSA) is 88.2 Å². The van der Waals surface area contributed by atoms with Crippen LogP contribution in [0.3, 0.4) is 0 Å². The molecular formula is C14H18N6OS2. The van der Waals surface area contributed by atoms with Crippen molar-refractivity contribution in [3.63, 3.8) is 0 Å². The van der Waals surface area contributed by atoms with Crippen molar-refractivity contribution >= 4 is 34.1 Å². The molecule has 0 aliphatic carbocycles. The Morgan fingerprint density at radius 1 is 1.26 bits per heavy atom. The van der Waals surface area contributed by atoms with Gasteiger partial charge < -0.3 is 10.6 Å². The summed E-state index contributed by atoms with van der Waals surface area (Å²) >= 11 is 2.71. The molecule has 0 saturated carbocycles. The van der Waals surface area contributed by atoms with Gasteiger partial charge in [-0.2, -0.15) is 0 Å². The Kier molecular flexibility index (Phi) is 5.42. The van der Waals surface area contributed by atoms with E-state index in [4.69, 9.17) is 5.73 Å². The first-order valence-electron chi connectivity index (χ1n) is 7.32. The lowest BCUT2D eigenvalue weighted by Gasteiger charge is -2.34. The molecule has 3 rings (SSSR count). The standard InChI is InChI=1S/C14H18N6OS2/c15-13-17-18-14(23-13)22-10-12(21)20-7-5-19(6-8-20)9-11-3-1-2-4-16-11/h1-4H,5-10H2,(H2,15,17). The van der Waals surface area contributed by atoms with Crippen molar-refractivity contribution in [3.8, 4) is 0 Å². The maximum atomic E-state index is 12.2. The summed E-state index contributed by atoms with van der Waals surface area (Å²) in [5.74, 6) is 0.524. The van der Waals surface area contributed by atoms with Gasteiger partial charge in [-0.3, -0.25) is 14.7 Å². The molecule has 2 aromatic heterocycles. The molecule has 0 bridgehead atoms. The number of carbonyl (C=O) groups excluding carboxylic acids is 1. The van der Waals surface area contributed by atoms with E-state index in [2.05, 4.69) is 20.1 Å². The third-order valence-electron chi connectivity index (χ3n) is 3.58. The fourth-order valence-electron chi connectivity index (χ4n) is 2.37. The molecule has 0 aromatic carbocycles. The predicted molar refractivity (Wildman–Crippen MR) is 91.1 cm³/mol. The number of aromatic nitrogens is 3. The van der Waals surface area contributed by atoms with E-state index in [0.717, 1.165) is 42.8 Å². The van der Waals surface area contributed by atoms with Crippen LogP contribution >= 0.6 is 23.1 Å². The molecule has 1 amide bonds. The zero-order valence-electron chi connectivity index (χ0n) is 12.6. The van der Waals surface area contributed by atoms with Gasteiger partial charge in [0.1, 0.15) is 0 Å². The number of nitrogens with zero attached hydrogens (tertiary/aromatic N) is 5. The summed E-state index contributed by atoms with van der Waals surface area (Å²) in [5, 5.41) is 8.09. The fourth-order valence-corrected chi connectivity index (χ4v) is 3.91. The van der Waals surface area contributed by atoms with Crippen LogP contribution in [-0.2, 0) is 11.3 Å². The second kappa shape index (κ2) is 7.71. The van der Waals surface area contributed by atoms with E-state index in [1.807, 2.05) is 29.3 Å². The summed E-state index contributed by atoms with van der Waals surface area (Å²) < 4.78 is 0.740. The minimum absolute atomic E-state index is 0.140. The normalized spacial score (nSPS) is 15.7. The molecule has 1 saturated heterocycles. The zero-order valence-corrected chi connectivity index (χ0v) is 14.2. The van der Waals surface area contributed by atoms with Gasteiger partial charge in [-0.15, -0.1) is 10.2 Å². The molecule has 7 nitrogen and oxygen atoms in total. The number of anilines is 1. The number of rotatable bonds is 5. The van der Waals surface area contributed by atoms with Crippen LogP contribution in [-0.4, -0.2) is 62.8 Å². The average molecular weight is 350 g/mol. The second-order valence-corrected chi connectivity index (χ2v) is 7.40. The first kappa shape index (κ1) is 16.2. The van der Waals surface area contributed by atoms with Crippen LogP contribution in [0.2, 0.25) is 0 Å². The molecule has 2 N–H and O–H groups in total. The Balaban J connectivity index is 1.42. The molecule has 1 aliphatic rings. The Morgan fingerprint density at radius 2 is 2.09 bits per heavy atom. The average Bonchev–Trinajstić information content (AvgIpc) is 3.00. The smallest absolute Gasteiger partial charge is 0.233 e. The quantitative estimate of drug-likeness (QED) is 0.803. The molecule has 0 spiro atoms. The summed E-state index contributed by atoms with van der Waals surface area (Å²) in [5.41, 5.74) is 6.60. The highest BCUT2D eigenvalue weighted by molar-refractivity contribution is 8.01. The lowest BCUT2D eigenvalue weighted by Crippen LogP contribution is -2.48. The first-order valence-corrected chi connectivity index (χ1v) is 9.13. The van der Waals surface area contributed by atoms with Crippen LogP contribution in [0.5, 0.6) is 0 Å². The van der Waals surface area contributed by atoms with Gasteiger partial charge in [0.25, 0.3) is 0 Å². The SMILES string of the molecule is Nc1nnc(SCC(=O)N2CCN(Cc3ccccn3)CC2)s1. The largest absolute Gasteiger partial charge is 0.374 e. The zero-order chi connectivity index (χ0) is 16.1. The molecule has 0 radical (unpaired) electrons. The lowest BCUT2D eigenvalue weighted by molar-refractivity contribution is -0.130. The molecule has 9 heteroatoms. The summed E-state index contributed by atoms with van der Waals surface area (Å²) in [7, 11) is 0. The molecule has 0 unspecified atom stereocenters. The number of nitrogen functional groups attached to an aromatic ring is 1. The van der Waals surface area contributed by atoms with Gasteiger partial charge >= 0.3 is 0 Å². The van der Waals surface area contributed by atoms with Crippen molar-refractivity contribution in [1.29, 1.82) is 0 Å². The van der Waals surface area contributed by atoms with E-state index >= 15 is 0 Å². The van der Waals surface area contributed by atoms with Crippen LogP contribution < -0.4 is 5.73 Å². The van der Waals surface area contributed by atoms with Crippen molar-refractivity contribution in [2.45, 2.75) is 10.9 Å². The maximum absolute atomic E-state index is 12.2. The Labute approximate surface area is 142 Å². The highest BCUT2D eigenvalue weighted by Gasteiger charge is 2.21. The van der Waals surface area contributed by atoms with Crippen molar-refractivity contribution in [2.75, 3.05) is 37.7 Å². The Hall–Kier alpha value is -1.71. The van der Waals surface area contributed by atoms with Gasteiger partial charge in [0.05, 0.1) is 11.4 Å². The number of thioether (sulfide) groups is 1. The number of hydrogen-bond acceptors (Lipinski definition) is 8. The Bertz CT molecular complexity index is 642. The molecule has 122 valence electrons. The molecule has 0 atom stereocenters.